The normalized spacial score (nSPS) is 16.8. The lowest BCUT2D eigenvalue weighted by Crippen LogP contribution is -2.52. The van der Waals surface area contributed by atoms with Gasteiger partial charge in [0.25, 0.3) is 5.91 Å². The lowest BCUT2D eigenvalue weighted by molar-refractivity contribution is -0.129. The molecule has 1 heterocycles. The van der Waals surface area contributed by atoms with Crippen molar-refractivity contribution in [1.82, 2.24) is 10.9 Å². The van der Waals surface area contributed by atoms with Crippen molar-refractivity contribution in [3.63, 3.8) is 0 Å². The Kier molecular flexibility index (Phi) is 11.3. The molecule has 0 unspecified atom stereocenters. The Hall–Kier alpha value is -5.32. The number of carbonyl (C=O) groups excluding carboxylic acids is 1. The molecule has 0 aromatic heterocycles. The molecule has 10 heteroatoms. The molecular formula is C38H41N3O7. The second-order valence-corrected chi connectivity index (χ2v) is 11.1. The van der Waals surface area contributed by atoms with Crippen LogP contribution in [0.3, 0.4) is 0 Å². The lowest BCUT2D eigenvalue weighted by atomic mass is 9.84. The number of aliphatic hydroxyl groups excluding tert-OH is 1. The van der Waals surface area contributed by atoms with Crippen LogP contribution in [0.4, 0.5) is 0 Å². The highest BCUT2D eigenvalue weighted by molar-refractivity contribution is 6.01. The van der Waals surface area contributed by atoms with Gasteiger partial charge in [-0.3, -0.25) is 10.2 Å². The highest BCUT2D eigenvalue weighted by Crippen LogP contribution is 2.43. The molecule has 0 bridgehead atoms. The van der Waals surface area contributed by atoms with Crippen molar-refractivity contribution in [2.75, 3.05) is 34.5 Å². The molecule has 0 aliphatic carbocycles. The maximum atomic E-state index is 14.3. The average molecular weight is 652 g/mol. The predicted molar refractivity (Wildman–Crippen MR) is 185 cm³/mol. The molecule has 48 heavy (non-hydrogen) atoms. The molecule has 0 fully saturated rings. The largest absolute Gasteiger partial charge is 0.496 e. The Labute approximate surface area is 281 Å². The van der Waals surface area contributed by atoms with E-state index >= 15 is 0 Å². The van der Waals surface area contributed by atoms with Crippen LogP contribution in [0.2, 0.25) is 0 Å². The Morgan fingerprint density at radius 3 is 2.15 bits per heavy atom. The summed E-state index contributed by atoms with van der Waals surface area (Å²) < 4.78 is 28.8. The van der Waals surface area contributed by atoms with Gasteiger partial charge in [0, 0.05) is 43.7 Å². The van der Waals surface area contributed by atoms with Gasteiger partial charge in [-0.15, -0.1) is 6.58 Å². The lowest BCUT2D eigenvalue weighted by Gasteiger charge is -2.30. The molecule has 4 aromatic carbocycles. The summed E-state index contributed by atoms with van der Waals surface area (Å²) in [6, 6.07) is 28.8. The topological polar surface area (TPSA) is 120 Å². The van der Waals surface area contributed by atoms with Crippen molar-refractivity contribution >= 4 is 11.8 Å². The molecule has 10 nitrogen and oxygen atoms in total. The van der Waals surface area contributed by atoms with Crippen LogP contribution in [-0.4, -0.2) is 57.0 Å². The first-order valence-electron chi connectivity index (χ1n) is 15.6. The molecule has 2 atom stereocenters. The smallest absolute Gasteiger partial charge is 0.266 e. The number of ether oxygens (including phenoxy) is 5. The van der Waals surface area contributed by atoms with Crippen molar-refractivity contribution < 1.29 is 33.6 Å². The molecule has 0 saturated heterocycles. The van der Waals surface area contributed by atoms with E-state index in [1.165, 1.54) is 0 Å². The molecule has 0 saturated carbocycles. The maximum Gasteiger partial charge on any atom is 0.266 e. The summed E-state index contributed by atoms with van der Waals surface area (Å²) in [4.78, 5) is 19.2. The van der Waals surface area contributed by atoms with Gasteiger partial charge in [0.05, 0.1) is 33.5 Å². The van der Waals surface area contributed by atoms with Crippen LogP contribution in [-0.2, 0) is 16.1 Å². The van der Waals surface area contributed by atoms with Gasteiger partial charge >= 0.3 is 0 Å². The van der Waals surface area contributed by atoms with Gasteiger partial charge in [0.15, 0.2) is 11.6 Å². The molecule has 0 spiro atoms. The van der Waals surface area contributed by atoms with Crippen molar-refractivity contribution in [2.45, 2.75) is 31.0 Å². The number of aliphatic hydroxyl groups is 1. The number of rotatable bonds is 16. The highest BCUT2D eigenvalue weighted by Gasteiger charge is 2.52. The number of hydrogen-bond donors (Lipinski definition) is 3. The number of aliphatic imine (C=N–C) groups is 1. The van der Waals surface area contributed by atoms with E-state index in [-0.39, 0.29) is 19.6 Å². The third-order valence-corrected chi connectivity index (χ3v) is 8.09. The maximum absolute atomic E-state index is 14.3. The molecule has 1 aliphatic rings. The number of carbonyl (C=O) groups is 1. The van der Waals surface area contributed by atoms with Crippen LogP contribution in [0.15, 0.2) is 109 Å². The van der Waals surface area contributed by atoms with Gasteiger partial charge < -0.3 is 28.8 Å². The highest BCUT2D eigenvalue weighted by atomic mass is 16.5. The van der Waals surface area contributed by atoms with Crippen LogP contribution in [0, 0.1) is 0 Å². The van der Waals surface area contributed by atoms with Crippen LogP contribution in [0.25, 0.3) is 11.1 Å². The molecule has 0 radical (unpaired) electrons. The summed E-state index contributed by atoms with van der Waals surface area (Å²) in [5, 5.41) is 9.07. The standard InChI is InChI=1S/C38H41N3O7/c1-5-20-38(37(43)41-39-25-32-33(45-3)23-31(44-2)24-34(32)46-4)35(28-14-12-27(13-15-28)26-10-7-6-8-11-26)48-36(40-38)29-16-18-30(19-17-29)47-22-9-21-42/h5-8,10-19,23-24,35,39,42H,1,9,20-22,25H2,2-4H3,(H,41,43)/t35-,38-/m0/s1. The summed E-state index contributed by atoms with van der Waals surface area (Å²) in [7, 11) is 4.68. The Morgan fingerprint density at radius 1 is 0.896 bits per heavy atom. The molecule has 250 valence electrons. The van der Waals surface area contributed by atoms with Crippen LogP contribution in [0.5, 0.6) is 23.0 Å². The second-order valence-electron chi connectivity index (χ2n) is 11.1. The monoisotopic (exact) mass is 651 g/mol. The van der Waals surface area contributed by atoms with Gasteiger partial charge in [0.2, 0.25) is 5.90 Å². The Bertz CT molecular complexity index is 1680. The molecule has 3 N–H and O–H groups in total. The third kappa shape index (κ3) is 7.46. The van der Waals surface area contributed by atoms with E-state index in [4.69, 9.17) is 33.8 Å². The zero-order valence-corrected chi connectivity index (χ0v) is 27.4. The van der Waals surface area contributed by atoms with Gasteiger partial charge in [-0.2, -0.15) is 0 Å². The third-order valence-electron chi connectivity index (χ3n) is 8.09. The first kappa shape index (κ1) is 34.0. The van der Waals surface area contributed by atoms with E-state index in [2.05, 4.69) is 17.4 Å². The van der Waals surface area contributed by atoms with Gasteiger partial charge in [-0.25, -0.2) is 10.4 Å². The van der Waals surface area contributed by atoms with E-state index in [0.29, 0.717) is 53.1 Å². The summed E-state index contributed by atoms with van der Waals surface area (Å²) in [5.41, 5.74) is 8.82. The van der Waals surface area contributed by atoms with Gasteiger partial charge in [0.1, 0.15) is 23.0 Å². The van der Waals surface area contributed by atoms with Crippen LogP contribution >= 0.6 is 0 Å². The Morgan fingerprint density at radius 2 is 1.54 bits per heavy atom. The summed E-state index contributed by atoms with van der Waals surface area (Å²) in [6.07, 6.45) is 1.65. The van der Waals surface area contributed by atoms with Crippen molar-refractivity contribution in [3.8, 4) is 34.1 Å². The predicted octanol–water partition coefficient (Wildman–Crippen LogP) is 5.79. The SMILES string of the molecule is C=CC[C@]1(C(=O)NNCc2c(OC)cc(OC)cc2OC)N=C(c2ccc(OCCCO)cc2)O[C@H]1c1ccc(-c2ccccc2)cc1. The molecule has 1 amide bonds. The fourth-order valence-electron chi connectivity index (χ4n) is 5.59. The average Bonchev–Trinajstić information content (AvgIpc) is 3.52. The van der Waals surface area contributed by atoms with E-state index in [9.17, 15) is 4.79 Å². The van der Waals surface area contributed by atoms with E-state index in [1.54, 1.807) is 39.5 Å². The number of methoxy groups -OCH3 is 3. The van der Waals surface area contributed by atoms with Crippen molar-refractivity contribution in [2.24, 2.45) is 4.99 Å². The minimum Gasteiger partial charge on any atom is -0.496 e. The van der Waals surface area contributed by atoms with Gasteiger partial charge in [-0.05, 0) is 41.0 Å². The fraction of sp³-hybridized carbons (Fsp3) is 0.263. The second kappa shape index (κ2) is 16.0. The first-order valence-corrected chi connectivity index (χ1v) is 15.6. The van der Waals surface area contributed by atoms with Gasteiger partial charge in [-0.1, -0.05) is 60.7 Å². The molecule has 1 aliphatic heterocycles. The summed E-state index contributed by atoms with van der Waals surface area (Å²) in [6.45, 7) is 4.61. The number of hydrogen-bond acceptors (Lipinski definition) is 9. The van der Waals surface area contributed by atoms with E-state index in [1.807, 2.05) is 78.9 Å². The number of hydrazine groups is 1. The molecular weight excluding hydrogens is 610 g/mol. The minimum absolute atomic E-state index is 0.0555. The zero-order valence-electron chi connectivity index (χ0n) is 27.4. The van der Waals surface area contributed by atoms with Crippen molar-refractivity contribution in [3.05, 3.63) is 120 Å². The minimum atomic E-state index is -1.39. The zero-order chi connectivity index (χ0) is 33.9. The van der Waals surface area contributed by atoms with Crippen molar-refractivity contribution in [1.29, 1.82) is 0 Å². The van der Waals surface area contributed by atoms with Crippen LogP contribution < -0.4 is 29.8 Å². The Balaban J connectivity index is 1.45. The molecule has 5 rings (SSSR count). The van der Waals surface area contributed by atoms with Crippen LogP contribution in [0.1, 0.15) is 35.6 Å². The first-order chi connectivity index (χ1) is 23.5. The quantitative estimate of drug-likeness (QED) is 0.0791. The molecule has 4 aromatic rings. The summed E-state index contributed by atoms with van der Waals surface area (Å²) in [5.74, 6) is 2.24. The number of nitrogens with zero attached hydrogens (tertiary/aromatic N) is 1. The van der Waals surface area contributed by atoms with E-state index < -0.39 is 17.6 Å². The van der Waals surface area contributed by atoms with E-state index in [0.717, 1.165) is 16.7 Å². The fourth-order valence-corrected chi connectivity index (χ4v) is 5.59. The number of nitrogens with one attached hydrogen (secondary N) is 2. The summed E-state index contributed by atoms with van der Waals surface area (Å²) >= 11 is 0. The number of amides is 1. The number of benzene rings is 4.